The molecule has 8 heteroatoms. The summed E-state index contributed by atoms with van der Waals surface area (Å²) in [6.07, 6.45) is 2.19. The molecule has 1 aliphatic rings. The van der Waals surface area contributed by atoms with Gasteiger partial charge in [0.1, 0.15) is 0 Å². The number of carbonyl (C=O) groups is 1. The molecule has 1 amide bonds. The van der Waals surface area contributed by atoms with Crippen LogP contribution in [0.25, 0.3) is 0 Å². The van der Waals surface area contributed by atoms with Gasteiger partial charge in [0.15, 0.2) is 17.5 Å². The van der Waals surface area contributed by atoms with Crippen LogP contribution < -0.4 is 25.4 Å². The Balaban J connectivity index is 0.00000338. The summed E-state index contributed by atoms with van der Waals surface area (Å²) in [6, 6.07) is 5.98. The first kappa shape index (κ1) is 22.3. The molecular weight excluding hydrogens is 447 g/mol. The molecule has 0 spiro atoms. The fraction of sp³-hybridized carbons (Fsp3) is 0.556. The SMILES string of the molecule is CCCNC(=O)CCN=C(NCC)NCCc1ccc2c(c1)OCO2.I. The normalized spacial score (nSPS) is 12.3. The van der Waals surface area contributed by atoms with Crippen LogP contribution >= 0.6 is 24.0 Å². The lowest BCUT2D eigenvalue weighted by Crippen LogP contribution is -2.38. The molecule has 0 atom stereocenters. The fourth-order valence-corrected chi connectivity index (χ4v) is 2.39. The van der Waals surface area contributed by atoms with Crippen molar-refractivity contribution in [2.45, 2.75) is 33.1 Å². The number of aliphatic imine (C=N–C) groups is 1. The number of amides is 1. The lowest BCUT2D eigenvalue weighted by molar-refractivity contribution is -0.120. The van der Waals surface area contributed by atoms with E-state index in [1.807, 2.05) is 32.0 Å². The summed E-state index contributed by atoms with van der Waals surface area (Å²) >= 11 is 0. The van der Waals surface area contributed by atoms with Crippen molar-refractivity contribution in [1.29, 1.82) is 0 Å². The number of hydrogen-bond donors (Lipinski definition) is 3. The Bertz CT molecular complexity index is 596. The van der Waals surface area contributed by atoms with E-state index in [1.54, 1.807) is 0 Å². The number of nitrogens with one attached hydrogen (secondary N) is 3. The molecule has 2 rings (SSSR count). The van der Waals surface area contributed by atoms with Crippen LogP contribution in [0.4, 0.5) is 0 Å². The van der Waals surface area contributed by atoms with E-state index in [1.165, 1.54) is 5.56 Å². The lowest BCUT2D eigenvalue weighted by atomic mass is 10.1. The zero-order valence-electron chi connectivity index (χ0n) is 15.5. The van der Waals surface area contributed by atoms with Crippen molar-refractivity contribution in [3.8, 4) is 11.5 Å². The van der Waals surface area contributed by atoms with Gasteiger partial charge in [-0.05, 0) is 37.5 Å². The van der Waals surface area contributed by atoms with Crippen LogP contribution in [0.5, 0.6) is 11.5 Å². The second-order valence-electron chi connectivity index (χ2n) is 5.73. The summed E-state index contributed by atoms with van der Waals surface area (Å²) in [5, 5.41) is 9.33. The van der Waals surface area contributed by atoms with E-state index < -0.39 is 0 Å². The van der Waals surface area contributed by atoms with Crippen LogP contribution in [0.3, 0.4) is 0 Å². The Kier molecular flexibility index (Phi) is 10.8. The van der Waals surface area contributed by atoms with Crippen LogP contribution in [-0.4, -0.2) is 44.8 Å². The minimum atomic E-state index is 0. The molecule has 146 valence electrons. The van der Waals surface area contributed by atoms with Gasteiger partial charge in [-0.15, -0.1) is 24.0 Å². The van der Waals surface area contributed by atoms with Gasteiger partial charge in [0.05, 0.1) is 6.54 Å². The van der Waals surface area contributed by atoms with Gasteiger partial charge in [-0.3, -0.25) is 9.79 Å². The smallest absolute Gasteiger partial charge is 0.231 e. The van der Waals surface area contributed by atoms with Crippen LogP contribution in [0.15, 0.2) is 23.2 Å². The second kappa shape index (κ2) is 12.6. The van der Waals surface area contributed by atoms with Gasteiger partial charge in [-0.2, -0.15) is 0 Å². The predicted molar refractivity (Wildman–Crippen MR) is 114 cm³/mol. The zero-order chi connectivity index (χ0) is 17.9. The second-order valence-corrected chi connectivity index (χ2v) is 5.73. The Morgan fingerprint density at radius 2 is 1.92 bits per heavy atom. The molecule has 3 N–H and O–H groups in total. The molecule has 0 aromatic heterocycles. The molecule has 1 aliphatic heterocycles. The van der Waals surface area contributed by atoms with Gasteiger partial charge in [-0.1, -0.05) is 13.0 Å². The molecule has 1 heterocycles. The van der Waals surface area contributed by atoms with Crippen LogP contribution in [-0.2, 0) is 11.2 Å². The molecule has 0 fully saturated rings. The topological polar surface area (TPSA) is 84.0 Å². The van der Waals surface area contributed by atoms with E-state index >= 15 is 0 Å². The number of rotatable bonds is 9. The molecule has 0 saturated heterocycles. The maximum atomic E-state index is 11.6. The summed E-state index contributed by atoms with van der Waals surface area (Å²) in [5.41, 5.74) is 1.17. The van der Waals surface area contributed by atoms with Crippen LogP contribution in [0.1, 0.15) is 32.3 Å². The van der Waals surface area contributed by atoms with Gasteiger partial charge in [0, 0.05) is 26.1 Å². The van der Waals surface area contributed by atoms with Gasteiger partial charge in [0.25, 0.3) is 0 Å². The molecule has 0 saturated carbocycles. The van der Waals surface area contributed by atoms with E-state index in [4.69, 9.17) is 9.47 Å². The summed E-state index contributed by atoms with van der Waals surface area (Å²) in [7, 11) is 0. The predicted octanol–water partition coefficient (Wildman–Crippen LogP) is 2.05. The molecule has 7 nitrogen and oxygen atoms in total. The number of hydrogen-bond acceptors (Lipinski definition) is 4. The van der Waals surface area contributed by atoms with Crippen molar-refractivity contribution in [1.82, 2.24) is 16.0 Å². The maximum absolute atomic E-state index is 11.6. The first-order chi connectivity index (χ1) is 12.2. The quantitative estimate of drug-likeness (QED) is 0.289. The third kappa shape index (κ3) is 7.67. The Labute approximate surface area is 172 Å². The number of fused-ring (bicyclic) bond motifs is 1. The largest absolute Gasteiger partial charge is 0.454 e. The summed E-state index contributed by atoms with van der Waals surface area (Å²) in [6.45, 7) is 7.05. The van der Waals surface area contributed by atoms with Crippen molar-refractivity contribution in [3.05, 3.63) is 23.8 Å². The summed E-state index contributed by atoms with van der Waals surface area (Å²) < 4.78 is 10.7. The molecule has 0 radical (unpaired) electrons. The molecule has 0 bridgehead atoms. The van der Waals surface area contributed by atoms with E-state index in [-0.39, 0.29) is 29.9 Å². The monoisotopic (exact) mass is 476 g/mol. The van der Waals surface area contributed by atoms with E-state index in [0.29, 0.717) is 19.8 Å². The number of guanidine groups is 1. The Morgan fingerprint density at radius 3 is 2.69 bits per heavy atom. The van der Waals surface area contributed by atoms with Gasteiger partial charge in [-0.25, -0.2) is 0 Å². The molecule has 0 unspecified atom stereocenters. The highest BCUT2D eigenvalue weighted by Gasteiger charge is 2.12. The molecule has 26 heavy (non-hydrogen) atoms. The Hall–Kier alpha value is -1.71. The number of ether oxygens (including phenoxy) is 2. The van der Waals surface area contributed by atoms with E-state index in [9.17, 15) is 4.79 Å². The number of carbonyl (C=O) groups excluding carboxylic acids is 1. The third-order valence-electron chi connectivity index (χ3n) is 3.67. The standard InChI is InChI=1S/C18H28N4O3.HI/c1-3-9-20-17(23)8-11-22-18(19-4-2)21-10-7-14-5-6-15-16(12-14)25-13-24-15;/h5-6,12H,3-4,7-11,13H2,1-2H3,(H,20,23)(H2,19,21,22);1H. The third-order valence-corrected chi connectivity index (χ3v) is 3.67. The lowest BCUT2D eigenvalue weighted by Gasteiger charge is -2.11. The van der Waals surface area contributed by atoms with Crippen molar-refractivity contribution in [2.75, 3.05) is 33.0 Å². The van der Waals surface area contributed by atoms with Crippen LogP contribution in [0.2, 0.25) is 0 Å². The number of halogens is 1. The van der Waals surface area contributed by atoms with Crippen molar-refractivity contribution in [3.63, 3.8) is 0 Å². The highest BCUT2D eigenvalue weighted by Crippen LogP contribution is 2.32. The fourth-order valence-electron chi connectivity index (χ4n) is 2.39. The first-order valence-corrected chi connectivity index (χ1v) is 8.90. The molecule has 1 aromatic carbocycles. The number of benzene rings is 1. The summed E-state index contributed by atoms with van der Waals surface area (Å²) in [4.78, 5) is 16.0. The maximum Gasteiger partial charge on any atom is 0.231 e. The minimum Gasteiger partial charge on any atom is -0.454 e. The average molecular weight is 476 g/mol. The van der Waals surface area contributed by atoms with Crippen molar-refractivity contribution < 1.29 is 14.3 Å². The van der Waals surface area contributed by atoms with E-state index in [0.717, 1.165) is 49.9 Å². The van der Waals surface area contributed by atoms with Gasteiger partial charge < -0.3 is 25.4 Å². The van der Waals surface area contributed by atoms with Crippen LogP contribution in [0, 0.1) is 0 Å². The molecule has 1 aromatic rings. The van der Waals surface area contributed by atoms with Crippen molar-refractivity contribution >= 4 is 35.8 Å². The van der Waals surface area contributed by atoms with Gasteiger partial charge >= 0.3 is 0 Å². The molecule has 0 aliphatic carbocycles. The minimum absolute atomic E-state index is 0. The van der Waals surface area contributed by atoms with Crippen molar-refractivity contribution in [2.24, 2.45) is 4.99 Å². The Morgan fingerprint density at radius 1 is 1.12 bits per heavy atom. The zero-order valence-corrected chi connectivity index (χ0v) is 17.8. The summed E-state index contributed by atoms with van der Waals surface area (Å²) in [5.74, 6) is 2.37. The number of nitrogens with zero attached hydrogens (tertiary/aromatic N) is 1. The van der Waals surface area contributed by atoms with Gasteiger partial charge in [0.2, 0.25) is 12.7 Å². The highest BCUT2D eigenvalue weighted by molar-refractivity contribution is 14.0. The first-order valence-electron chi connectivity index (χ1n) is 8.90. The average Bonchev–Trinajstić information content (AvgIpc) is 3.07. The highest BCUT2D eigenvalue weighted by atomic mass is 127. The molecular formula is C18H29IN4O3. The van der Waals surface area contributed by atoms with E-state index in [2.05, 4.69) is 20.9 Å².